The van der Waals surface area contributed by atoms with Crippen LogP contribution < -0.4 is 5.32 Å². The van der Waals surface area contributed by atoms with Crippen molar-refractivity contribution in [2.45, 2.75) is 39.2 Å². The van der Waals surface area contributed by atoms with Crippen LogP contribution in [-0.4, -0.2) is 11.9 Å². The number of hydrogen-bond acceptors (Lipinski definition) is 2. The summed E-state index contributed by atoms with van der Waals surface area (Å²) in [6.07, 6.45) is 5.01. The molecule has 3 atom stereocenters. The maximum Gasteiger partial charge on any atom is 0.262 e. The molecule has 2 rings (SSSR count). The van der Waals surface area contributed by atoms with Gasteiger partial charge in [-0.05, 0) is 29.9 Å². The molecule has 21 heavy (non-hydrogen) atoms. The molecule has 0 aliphatic heterocycles. The molecule has 0 saturated heterocycles. The van der Waals surface area contributed by atoms with Crippen LogP contribution in [0.3, 0.4) is 0 Å². The van der Waals surface area contributed by atoms with Crippen LogP contribution in [0, 0.1) is 23.2 Å². The van der Waals surface area contributed by atoms with Crippen LogP contribution in [0.15, 0.2) is 35.9 Å². The molecule has 0 radical (unpaired) electrons. The minimum atomic E-state index is -0.257. The highest BCUT2D eigenvalue weighted by molar-refractivity contribution is 6.01. The summed E-state index contributed by atoms with van der Waals surface area (Å²) < 4.78 is 0. The van der Waals surface area contributed by atoms with Crippen LogP contribution in [-0.2, 0) is 4.79 Å². The highest BCUT2D eigenvalue weighted by atomic mass is 16.1. The summed E-state index contributed by atoms with van der Waals surface area (Å²) in [5.41, 5.74) is 1.04. The van der Waals surface area contributed by atoms with Crippen LogP contribution in [0.25, 0.3) is 6.08 Å². The predicted octanol–water partition coefficient (Wildman–Crippen LogP) is 3.53. The lowest BCUT2D eigenvalue weighted by Crippen LogP contribution is -2.44. The van der Waals surface area contributed by atoms with E-state index in [4.69, 9.17) is 0 Å². The second-order valence-electron chi connectivity index (χ2n) is 5.93. The van der Waals surface area contributed by atoms with Gasteiger partial charge < -0.3 is 5.32 Å². The van der Waals surface area contributed by atoms with Gasteiger partial charge in [0.15, 0.2) is 0 Å². The molecule has 1 N–H and O–H groups in total. The first-order valence-corrected chi connectivity index (χ1v) is 7.59. The summed E-state index contributed by atoms with van der Waals surface area (Å²) >= 11 is 0. The van der Waals surface area contributed by atoms with Crippen molar-refractivity contribution in [3.8, 4) is 6.07 Å². The van der Waals surface area contributed by atoms with Crippen molar-refractivity contribution >= 4 is 12.0 Å². The molecule has 1 aliphatic rings. The molecular formula is C18H22N2O. The van der Waals surface area contributed by atoms with E-state index in [0.717, 1.165) is 18.4 Å². The van der Waals surface area contributed by atoms with Crippen molar-refractivity contribution in [3.63, 3.8) is 0 Å². The number of rotatable bonds is 3. The number of nitrogens with zero attached hydrogens (tertiary/aromatic N) is 1. The third-order valence-electron chi connectivity index (χ3n) is 4.50. The van der Waals surface area contributed by atoms with Gasteiger partial charge in [0.05, 0.1) is 0 Å². The summed E-state index contributed by atoms with van der Waals surface area (Å²) in [5, 5.41) is 12.3. The van der Waals surface area contributed by atoms with Gasteiger partial charge in [0.25, 0.3) is 5.91 Å². The van der Waals surface area contributed by atoms with Crippen molar-refractivity contribution in [1.29, 1.82) is 5.26 Å². The maximum atomic E-state index is 12.3. The Morgan fingerprint density at radius 3 is 2.67 bits per heavy atom. The highest BCUT2D eigenvalue weighted by Crippen LogP contribution is 2.29. The van der Waals surface area contributed by atoms with E-state index in [1.165, 1.54) is 6.42 Å². The third-order valence-corrected chi connectivity index (χ3v) is 4.50. The van der Waals surface area contributed by atoms with Gasteiger partial charge in [-0.25, -0.2) is 0 Å². The Balaban J connectivity index is 2.07. The molecular weight excluding hydrogens is 260 g/mol. The van der Waals surface area contributed by atoms with Gasteiger partial charge in [0, 0.05) is 6.04 Å². The topological polar surface area (TPSA) is 52.9 Å². The van der Waals surface area contributed by atoms with Crippen LogP contribution in [0.5, 0.6) is 0 Å². The monoisotopic (exact) mass is 282 g/mol. The number of carbonyl (C=O) groups excluding carboxylic acids is 1. The molecule has 1 saturated carbocycles. The lowest BCUT2D eigenvalue weighted by atomic mass is 9.78. The zero-order valence-corrected chi connectivity index (χ0v) is 12.7. The van der Waals surface area contributed by atoms with Gasteiger partial charge in [-0.1, -0.05) is 57.0 Å². The van der Waals surface area contributed by atoms with E-state index in [2.05, 4.69) is 19.2 Å². The fraction of sp³-hybridized carbons (Fsp3) is 0.444. The first-order valence-electron chi connectivity index (χ1n) is 7.59. The van der Waals surface area contributed by atoms with Gasteiger partial charge in [-0.2, -0.15) is 5.26 Å². The molecule has 1 aliphatic carbocycles. The number of nitrogens with one attached hydrogen (secondary N) is 1. The Kier molecular flexibility index (Phi) is 5.16. The zero-order valence-electron chi connectivity index (χ0n) is 12.7. The van der Waals surface area contributed by atoms with Crippen molar-refractivity contribution in [2.75, 3.05) is 0 Å². The SMILES string of the molecule is CC1CCCC(NC(=O)C(C#N)=Cc2ccccc2)C1C. The number of amides is 1. The molecule has 0 spiro atoms. The van der Waals surface area contributed by atoms with Gasteiger partial charge in [-0.3, -0.25) is 4.79 Å². The smallest absolute Gasteiger partial charge is 0.262 e. The Hall–Kier alpha value is -2.08. The summed E-state index contributed by atoms with van der Waals surface area (Å²) in [4.78, 5) is 12.3. The highest BCUT2D eigenvalue weighted by Gasteiger charge is 2.28. The van der Waals surface area contributed by atoms with E-state index in [-0.39, 0.29) is 17.5 Å². The average molecular weight is 282 g/mol. The summed E-state index contributed by atoms with van der Waals surface area (Å²) in [6.45, 7) is 4.41. The lowest BCUT2D eigenvalue weighted by Gasteiger charge is -2.34. The zero-order chi connectivity index (χ0) is 15.2. The quantitative estimate of drug-likeness (QED) is 0.681. The maximum absolute atomic E-state index is 12.3. The molecule has 1 fully saturated rings. The number of benzene rings is 1. The fourth-order valence-corrected chi connectivity index (χ4v) is 2.90. The Morgan fingerprint density at radius 2 is 2.00 bits per heavy atom. The van der Waals surface area contributed by atoms with E-state index in [1.54, 1.807) is 6.08 Å². The number of carbonyl (C=O) groups is 1. The van der Waals surface area contributed by atoms with Crippen molar-refractivity contribution < 1.29 is 4.79 Å². The van der Waals surface area contributed by atoms with Crippen LogP contribution >= 0.6 is 0 Å². The summed E-state index contributed by atoms with van der Waals surface area (Å²) in [6, 6.07) is 11.7. The molecule has 110 valence electrons. The second kappa shape index (κ2) is 7.08. The Bertz CT molecular complexity index is 556. The molecule has 3 unspecified atom stereocenters. The molecule has 0 bridgehead atoms. The third kappa shape index (κ3) is 3.95. The van der Waals surface area contributed by atoms with Crippen LogP contribution in [0.1, 0.15) is 38.7 Å². The van der Waals surface area contributed by atoms with Gasteiger partial charge in [0.1, 0.15) is 11.6 Å². The molecule has 0 heterocycles. The summed E-state index contributed by atoms with van der Waals surface area (Å²) in [5.74, 6) is 0.819. The van der Waals surface area contributed by atoms with E-state index in [1.807, 2.05) is 36.4 Å². The van der Waals surface area contributed by atoms with Crippen LogP contribution in [0.2, 0.25) is 0 Å². The normalized spacial score (nSPS) is 26.0. The average Bonchev–Trinajstić information content (AvgIpc) is 2.50. The van der Waals surface area contributed by atoms with Gasteiger partial charge in [0.2, 0.25) is 0 Å². The minimum absolute atomic E-state index is 0.173. The van der Waals surface area contributed by atoms with Gasteiger partial charge >= 0.3 is 0 Å². The van der Waals surface area contributed by atoms with Crippen molar-refractivity contribution in [1.82, 2.24) is 5.32 Å². The van der Waals surface area contributed by atoms with E-state index < -0.39 is 0 Å². The Morgan fingerprint density at radius 1 is 1.29 bits per heavy atom. The molecule has 0 aromatic heterocycles. The van der Waals surface area contributed by atoms with Gasteiger partial charge in [-0.15, -0.1) is 0 Å². The van der Waals surface area contributed by atoms with Crippen LogP contribution in [0.4, 0.5) is 0 Å². The minimum Gasteiger partial charge on any atom is -0.348 e. The van der Waals surface area contributed by atoms with E-state index in [9.17, 15) is 10.1 Å². The lowest BCUT2D eigenvalue weighted by molar-refractivity contribution is -0.118. The number of nitriles is 1. The largest absolute Gasteiger partial charge is 0.348 e. The van der Waals surface area contributed by atoms with Crippen molar-refractivity contribution in [2.24, 2.45) is 11.8 Å². The first kappa shape index (κ1) is 15.3. The number of hydrogen-bond donors (Lipinski definition) is 1. The van der Waals surface area contributed by atoms with E-state index >= 15 is 0 Å². The molecule has 1 aromatic rings. The molecule has 3 nitrogen and oxygen atoms in total. The second-order valence-corrected chi connectivity index (χ2v) is 5.93. The Labute approximate surface area is 126 Å². The van der Waals surface area contributed by atoms with E-state index in [0.29, 0.717) is 11.8 Å². The fourth-order valence-electron chi connectivity index (χ4n) is 2.90. The summed E-state index contributed by atoms with van der Waals surface area (Å²) in [7, 11) is 0. The standard InChI is InChI=1S/C18H22N2O/c1-13-7-6-10-17(14(13)2)20-18(21)16(12-19)11-15-8-4-3-5-9-15/h3-5,8-9,11,13-14,17H,6-7,10H2,1-2H3,(H,20,21). The predicted molar refractivity (Wildman–Crippen MR) is 84.1 cm³/mol. The molecule has 1 aromatic carbocycles. The van der Waals surface area contributed by atoms with Crippen molar-refractivity contribution in [3.05, 3.63) is 41.5 Å². The molecule has 3 heteroatoms. The first-order chi connectivity index (χ1) is 10.1. The molecule has 1 amide bonds.